The number of rotatable bonds is 3. The van der Waals surface area contributed by atoms with Gasteiger partial charge in [-0.3, -0.25) is 9.59 Å². The van der Waals surface area contributed by atoms with Crippen molar-refractivity contribution in [3.63, 3.8) is 0 Å². The number of benzene rings is 1. The summed E-state index contributed by atoms with van der Waals surface area (Å²) in [7, 11) is 0. The molecule has 4 atom stereocenters. The van der Waals surface area contributed by atoms with Crippen LogP contribution >= 0.6 is 0 Å². The van der Waals surface area contributed by atoms with Gasteiger partial charge in [0.2, 0.25) is 5.91 Å². The van der Waals surface area contributed by atoms with Gasteiger partial charge in [0.15, 0.2) is 0 Å². The number of halogens is 1. The van der Waals surface area contributed by atoms with Gasteiger partial charge >= 0.3 is 5.97 Å². The van der Waals surface area contributed by atoms with Gasteiger partial charge < -0.3 is 14.9 Å². The summed E-state index contributed by atoms with van der Waals surface area (Å²) in [5, 5.41) is 9.56. The molecular weight excluding hydrogens is 323 g/mol. The number of hydrogen-bond donors (Lipinski definition) is 1. The minimum absolute atomic E-state index is 0.0263. The van der Waals surface area contributed by atoms with E-state index in [0.29, 0.717) is 26.2 Å². The van der Waals surface area contributed by atoms with Crippen molar-refractivity contribution in [1.29, 1.82) is 0 Å². The molecule has 3 fully saturated rings. The third-order valence-corrected chi connectivity index (χ3v) is 6.27. The molecular formula is C19H23FN2O3. The molecule has 2 aliphatic carbocycles. The maximum Gasteiger partial charge on any atom is 0.307 e. The molecule has 1 aliphatic heterocycles. The number of hydrogen-bond acceptors (Lipinski definition) is 3. The van der Waals surface area contributed by atoms with Crippen LogP contribution in [0.2, 0.25) is 0 Å². The van der Waals surface area contributed by atoms with E-state index in [2.05, 4.69) is 4.90 Å². The molecule has 0 radical (unpaired) electrons. The van der Waals surface area contributed by atoms with E-state index in [1.807, 2.05) is 4.90 Å². The number of nitrogens with zero attached hydrogens (tertiary/aromatic N) is 2. The van der Waals surface area contributed by atoms with Gasteiger partial charge in [0.25, 0.3) is 0 Å². The van der Waals surface area contributed by atoms with Crippen LogP contribution in [0.4, 0.5) is 10.1 Å². The smallest absolute Gasteiger partial charge is 0.307 e. The van der Waals surface area contributed by atoms with Gasteiger partial charge in [0, 0.05) is 31.9 Å². The maximum atomic E-state index is 13.1. The highest BCUT2D eigenvalue weighted by molar-refractivity contribution is 5.86. The summed E-state index contributed by atoms with van der Waals surface area (Å²) < 4.78 is 13.1. The quantitative estimate of drug-likeness (QED) is 0.912. The molecule has 2 bridgehead atoms. The Labute approximate surface area is 146 Å². The average molecular weight is 346 g/mol. The lowest BCUT2D eigenvalue weighted by atomic mass is 9.78. The molecule has 3 aliphatic rings. The van der Waals surface area contributed by atoms with Crippen LogP contribution in [-0.2, 0) is 9.59 Å². The van der Waals surface area contributed by atoms with Crippen LogP contribution in [0.5, 0.6) is 0 Å². The fourth-order valence-corrected chi connectivity index (χ4v) is 5.05. The number of carbonyl (C=O) groups is 2. The van der Waals surface area contributed by atoms with Crippen molar-refractivity contribution >= 4 is 17.6 Å². The molecule has 5 nitrogen and oxygen atoms in total. The van der Waals surface area contributed by atoms with Crippen molar-refractivity contribution in [2.75, 3.05) is 31.1 Å². The summed E-state index contributed by atoms with van der Waals surface area (Å²) in [5.74, 6) is -1.46. The van der Waals surface area contributed by atoms with E-state index in [-0.39, 0.29) is 29.5 Å². The molecule has 4 rings (SSSR count). The molecule has 0 unspecified atom stereocenters. The summed E-state index contributed by atoms with van der Waals surface area (Å²) >= 11 is 0. The van der Waals surface area contributed by atoms with Crippen molar-refractivity contribution in [3.8, 4) is 0 Å². The molecule has 1 N–H and O–H groups in total. The van der Waals surface area contributed by atoms with Gasteiger partial charge in [-0.25, -0.2) is 4.39 Å². The molecule has 1 aromatic carbocycles. The Morgan fingerprint density at radius 1 is 0.960 bits per heavy atom. The molecule has 0 aromatic heterocycles. The highest BCUT2D eigenvalue weighted by Crippen LogP contribution is 2.53. The van der Waals surface area contributed by atoms with E-state index in [1.165, 1.54) is 12.1 Å². The highest BCUT2D eigenvalue weighted by Gasteiger charge is 2.54. The fraction of sp³-hybridized carbons (Fsp3) is 0.579. The van der Waals surface area contributed by atoms with Crippen molar-refractivity contribution < 1.29 is 19.1 Å². The molecule has 0 spiro atoms. The predicted molar refractivity (Wildman–Crippen MR) is 90.6 cm³/mol. The van der Waals surface area contributed by atoms with Gasteiger partial charge in [-0.05, 0) is 55.4 Å². The summed E-state index contributed by atoms with van der Waals surface area (Å²) in [6, 6.07) is 6.39. The van der Waals surface area contributed by atoms with Crippen molar-refractivity contribution in [2.24, 2.45) is 23.7 Å². The number of fused-ring (bicyclic) bond motifs is 2. The van der Waals surface area contributed by atoms with Crippen LogP contribution in [0, 0.1) is 29.5 Å². The molecule has 6 heteroatoms. The summed E-state index contributed by atoms with van der Waals surface area (Å²) in [4.78, 5) is 28.6. The molecule has 1 heterocycles. The summed E-state index contributed by atoms with van der Waals surface area (Å²) in [6.45, 7) is 2.57. The minimum atomic E-state index is -0.810. The van der Waals surface area contributed by atoms with Gasteiger partial charge in [-0.1, -0.05) is 0 Å². The Kier molecular flexibility index (Phi) is 4.13. The molecule has 1 amide bonds. The maximum absolute atomic E-state index is 13.1. The largest absolute Gasteiger partial charge is 0.481 e. The SMILES string of the molecule is O=C(O)[C@H]1[C@H]2CC[C@H](C2)[C@H]1C(=O)N1CCN(c2ccc(F)cc2)CC1. The minimum Gasteiger partial charge on any atom is -0.481 e. The number of amides is 1. The van der Waals surface area contributed by atoms with Gasteiger partial charge in [-0.2, -0.15) is 0 Å². The van der Waals surface area contributed by atoms with Gasteiger partial charge in [0.1, 0.15) is 5.82 Å². The number of carbonyl (C=O) groups excluding carboxylic acids is 1. The average Bonchev–Trinajstić information content (AvgIpc) is 3.23. The molecule has 2 saturated carbocycles. The third kappa shape index (κ3) is 2.87. The van der Waals surface area contributed by atoms with Crippen LogP contribution in [-0.4, -0.2) is 48.1 Å². The number of aliphatic carboxylic acids is 1. The van der Waals surface area contributed by atoms with E-state index in [4.69, 9.17) is 0 Å². The zero-order valence-electron chi connectivity index (χ0n) is 14.1. The fourth-order valence-electron chi connectivity index (χ4n) is 5.05. The second-order valence-corrected chi connectivity index (χ2v) is 7.51. The van der Waals surface area contributed by atoms with E-state index in [0.717, 1.165) is 24.9 Å². The molecule has 134 valence electrons. The summed E-state index contributed by atoms with van der Waals surface area (Å²) in [6.07, 6.45) is 2.83. The van der Waals surface area contributed by atoms with E-state index in [9.17, 15) is 19.1 Å². The lowest BCUT2D eigenvalue weighted by molar-refractivity contribution is -0.153. The van der Waals surface area contributed by atoms with Crippen molar-refractivity contribution in [2.45, 2.75) is 19.3 Å². The number of anilines is 1. The highest BCUT2D eigenvalue weighted by atomic mass is 19.1. The third-order valence-electron chi connectivity index (χ3n) is 6.27. The van der Waals surface area contributed by atoms with Crippen LogP contribution in [0.1, 0.15) is 19.3 Å². The van der Waals surface area contributed by atoms with Gasteiger partial charge in [0.05, 0.1) is 11.8 Å². The molecule has 1 saturated heterocycles. The lowest BCUT2D eigenvalue weighted by Gasteiger charge is -2.39. The second-order valence-electron chi connectivity index (χ2n) is 7.51. The van der Waals surface area contributed by atoms with E-state index >= 15 is 0 Å². The Hall–Kier alpha value is -2.11. The molecule has 25 heavy (non-hydrogen) atoms. The Morgan fingerprint density at radius 2 is 1.56 bits per heavy atom. The van der Waals surface area contributed by atoms with Crippen molar-refractivity contribution in [1.82, 2.24) is 4.90 Å². The Balaban J connectivity index is 1.41. The lowest BCUT2D eigenvalue weighted by Crippen LogP contribution is -2.52. The standard InChI is InChI=1S/C19H23FN2O3/c20-14-3-5-15(6-4-14)21-7-9-22(10-8-21)18(23)16-12-1-2-13(11-12)17(16)19(24)25/h3-6,12-13,16-17H,1-2,7-11H2,(H,24,25)/t12-,13+,16-,17+/m1/s1. The molecule has 1 aromatic rings. The number of carboxylic acids is 1. The predicted octanol–water partition coefficient (Wildman–Crippen LogP) is 2.22. The first-order valence-electron chi connectivity index (χ1n) is 9.06. The first kappa shape index (κ1) is 16.4. The second kappa shape index (κ2) is 6.32. The van der Waals surface area contributed by atoms with Crippen LogP contribution in [0.25, 0.3) is 0 Å². The van der Waals surface area contributed by atoms with Crippen molar-refractivity contribution in [3.05, 3.63) is 30.1 Å². The zero-order chi connectivity index (χ0) is 17.6. The Morgan fingerprint density at radius 3 is 2.16 bits per heavy atom. The van der Waals surface area contributed by atoms with Gasteiger partial charge in [-0.15, -0.1) is 0 Å². The normalized spacial score (nSPS) is 31.4. The zero-order valence-corrected chi connectivity index (χ0v) is 14.1. The van der Waals surface area contributed by atoms with Crippen LogP contribution in [0.15, 0.2) is 24.3 Å². The topological polar surface area (TPSA) is 60.9 Å². The summed E-state index contributed by atoms with van der Waals surface area (Å²) in [5.41, 5.74) is 0.955. The van der Waals surface area contributed by atoms with E-state index < -0.39 is 11.9 Å². The first-order chi connectivity index (χ1) is 12.0. The Bertz CT molecular complexity index is 670. The first-order valence-corrected chi connectivity index (χ1v) is 9.06. The monoisotopic (exact) mass is 346 g/mol. The number of carboxylic acid groups (broad SMARTS) is 1. The van der Waals surface area contributed by atoms with Crippen LogP contribution in [0.3, 0.4) is 0 Å². The van der Waals surface area contributed by atoms with Crippen LogP contribution < -0.4 is 4.90 Å². The van der Waals surface area contributed by atoms with E-state index in [1.54, 1.807) is 12.1 Å². The number of piperazine rings is 1.